The van der Waals surface area contributed by atoms with E-state index in [1.807, 2.05) is 24.3 Å². The molecule has 0 aromatic heterocycles. The molecule has 8 heteroatoms. The van der Waals surface area contributed by atoms with E-state index >= 15 is 0 Å². The molecule has 160 valence electrons. The van der Waals surface area contributed by atoms with Crippen molar-refractivity contribution in [3.8, 4) is 5.75 Å². The molecule has 1 amide bonds. The van der Waals surface area contributed by atoms with Gasteiger partial charge in [0.1, 0.15) is 5.75 Å². The largest absolute Gasteiger partial charge is 0.508 e. The van der Waals surface area contributed by atoms with Crippen LogP contribution in [0.25, 0.3) is 0 Å². The van der Waals surface area contributed by atoms with Gasteiger partial charge in [-0.05, 0) is 29.8 Å². The second-order valence-corrected chi connectivity index (χ2v) is 7.98. The van der Waals surface area contributed by atoms with Crippen molar-refractivity contribution < 1.29 is 19.8 Å². The molecule has 0 bridgehead atoms. The van der Waals surface area contributed by atoms with Crippen LogP contribution in [0.3, 0.4) is 0 Å². The first kappa shape index (κ1) is 22.1. The maximum Gasteiger partial charge on any atom is 0.308 e. The quantitative estimate of drug-likeness (QED) is 0.595. The van der Waals surface area contributed by atoms with Crippen molar-refractivity contribution in [1.29, 1.82) is 0 Å². The van der Waals surface area contributed by atoms with E-state index in [2.05, 4.69) is 15.1 Å². The van der Waals surface area contributed by atoms with Gasteiger partial charge in [0.2, 0.25) is 5.91 Å². The Labute approximate surface area is 180 Å². The molecule has 1 aliphatic heterocycles. The fourth-order valence-corrected chi connectivity index (χ4v) is 3.80. The number of carbonyl (C=O) groups excluding carboxylic acids is 1. The van der Waals surface area contributed by atoms with Gasteiger partial charge in [0.05, 0.1) is 5.92 Å². The number of hydrogen-bond donors (Lipinski definition) is 3. The summed E-state index contributed by atoms with van der Waals surface area (Å²) in [4.78, 5) is 28.4. The third kappa shape index (κ3) is 6.73. The van der Waals surface area contributed by atoms with Crippen LogP contribution in [0.1, 0.15) is 12.0 Å². The number of benzene rings is 2. The Hall–Kier alpha value is -2.61. The predicted octanol–water partition coefficient (Wildman–Crippen LogP) is 2.89. The van der Waals surface area contributed by atoms with Gasteiger partial charge < -0.3 is 15.5 Å². The van der Waals surface area contributed by atoms with Crippen molar-refractivity contribution in [1.82, 2.24) is 9.80 Å². The maximum atomic E-state index is 12.3. The molecule has 3 rings (SSSR count). The van der Waals surface area contributed by atoms with Gasteiger partial charge in [-0.1, -0.05) is 29.8 Å². The molecule has 1 heterocycles. The lowest BCUT2D eigenvalue weighted by molar-refractivity contribution is -0.144. The Morgan fingerprint density at radius 3 is 2.40 bits per heavy atom. The molecule has 3 N–H and O–H groups in total. The Balaban J connectivity index is 1.47. The zero-order valence-corrected chi connectivity index (χ0v) is 17.4. The molecule has 0 saturated carbocycles. The highest BCUT2D eigenvalue weighted by atomic mass is 35.5. The Bertz CT molecular complexity index is 884. The number of hydrogen-bond acceptors (Lipinski definition) is 5. The van der Waals surface area contributed by atoms with Gasteiger partial charge in [-0.3, -0.25) is 19.4 Å². The molecule has 2 aromatic carbocycles. The molecule has 1 aliphatic rings. The van der Waals surface area contributed by atoms with Gasteiger partial charge >= 0.3 is 5.97 Å². The lowest BCUT2D eigenvalue weighted by atomic mass is 10.0. The van der Waals surface area contributed by atoms with Crippen LogP contribution in [0.15, 0.2) is 48.5 Å². The molecule has 7 nitrogen and oxygen atoms in total. The Morgan fingerprint density at radius 1 is 1.03 bits per heavy atom. The zero-order chi connectivity index (χ0) is 21.5. The van der Waals surface area contributed by atoms with Gasteiger partial charge in [-0.15, -0.1) is 0 Å². The number of aromatic hydroxyl groups is 1. The summed E-state index contributed by atoms with van der Waals surface area (Å²) in [6, 6.07) is 14.0. The molecule has 0 unspecified atom stereocenters. The van der Waals surface area contributed by atoms with E-state index in [0.717, 1.165) is 43.3 Å². The number of aliphatic carboxylic acids is 1. The van der Waals surface area contributed by atoms with E-state index in [1.54, 1.807) is 12.1 Å². The summed E-state index contributed by atoms with van der Waals surface area (Å²) in [5.74, 6) is -2.12. The number of piperazine rings is 1. The van der Waals surface area contributed by atoms with Crippen LogP contribution in [0.4, 0.5) is 5.69 Å². The van der Waals surface area contributed by atoms with Crippen LogP contribution in [0, 0.1) is 5.92 Å². The van der Waals surface area contributed by atoms with Crippen molar-refractivity contribution in [2.24, 2.45) is 5.92 Å². The van der Waals surface area contributed by atoms with Crippen LogP contribution in [-0.2, 0) is 16.1 Å². The normalized spacial score (nSPS) is 16.2. The molecule has 1 atom stereocenters. The summed E-state index contributed by atoms with van der Waals surface area (Å²) in [6.07, 6.45) is -0.117. The predicted molar refractivity (Wildman–Crippen MR) is 116 cm³/mol. The molecular weight excluding hydrogens is 406 g/mol. The number of nitrogens with zero attached hydrogens (tertiary/aromatic N) is 2. The van der Waals surface area contributed by atoms with Crippen LogP contribution >= 0.6 is 11.6 Å². The number of halogens is 1. The van der Waals surface area contributed by atoms with Crippen molar-refractivity contribution >= 4 is 29.2 Å². The van der Waals surface area contributed by atoms with Crippen LogP contribution in [-0.4, -0.2) is 64.6 Å². The van der Waals surface area contributed by atoms with E-state index in [1.165, 1.54) is 12.1 Å². The van der Waals surface area contributed by atoms with Gasteiger partial charge in [-0.25, -0.2) is 0 Å². The third-order valence-electron chi connectivity index (χ3n) is 5.15. The fraction of sp³-hybridized carbons (Fsp3) is 0.364. The van der Waals surface area contributed by atoms with Crippen LogP contribution in [0.2, 0.25) is 5.02 Å². The molecule has 0 aliphatic carbocycles. The van der Waals surface area contributed by atoms with Crippen LogP contribution in [0.5, 0.6) is 5.75 Å². The third-order valence-corrected chi connectivity index (χ3v) is 5.38. The molecular formula is C22H26ClN3O4. The van der Waals surface area contributed by atoms with E-state index in [9.17, 15) is 19.8 Å². The minimum absolute atomic E-state index is 0.0400. The highest BCUT2D eigenvalue weighted by Gasteiger charge is 2.26. The summed E-state index contributed by atoms with van der Waals surface area (Å²) in [5.41, 5.74) is 1.60. The number of anilines is 1. The van der Waals surface area contributed by atoms with Gasteiger partial charge in [0.25, 0.3) is 0 Å². The van der Waals surface area contributed by atoms with Gasteiger partial charge in [0, 0.05) is 62.5 Å². The molecule has 1 saturated heterocycles. The van der Waals surface area contributed by atoms with Crippen LogP contribution < -0.4 is 5.32 Å². The smallest absolute Gasteiger partial charge is 0.308 e. The first-order chi connectivity index (χ1) is 14.4. The van der Waals surface area contributed by atoms with Crippen molar-refractivity contribution in [3.63, 3.8) is 0 Å². The maximum absolute atomic E-state index is 12.3. The summed E-state index contributed by atoms with van der Waals surface area (Å²) in [5, 5.41) is 22.4. The fourth-order valence-electron chi connectivity index (χ4n) is 3.58. The highest BCUT2D eigenvalue weighted by Crippen LogP contribution is 2.18. The Kier molecular flexibility index (Phi) is 7.68. The van der Waals surface area contributed by atoms with E-state index in [4.69, 9.17) is 11.6 Å². The first-order valence-electron chi connectivity index (χ1n) is 9.90. The minimum atomic E-state index is -0.984. The number of carboxylic acids is 1. The molecule has 2 aromatic rings. The monoisotopic (exact) mass is 431 g/mol. The lowest BCUT2D eigenvalue weighted by Crippen LogP contribution is -2.48. The van der Waals surface area contributed by atoms with Crippen molar-refractivity contribution in [2.45, 2.75) is 13.0 Å². The number of carboxylic acid groups (broad SMARTS) is 1. The Morgan fingerprint density at radius 2 is 1.73 bits per heavy atom. The van der Waals surface area contributed by atoms with Crippen molar-refractivity contribution in [2.75, 3.05) is 38.0 Å². The molecule has 0 radical (unpaired) electrons. The van der Waals surface area contributed by atoms with E-state index in [-0.39, 0.29) is 18.1 Å². The molecule has 30 heavy (non-hydrogen) atoms. The summed E-state index contributed by atoms with van der Waals surface area (Å²) < 4.78 is 0. The standard InChI is InChI=1S/C22H26ClN3O4/c23-18-4-1-3-16(11-18)14-25-7-9-26(10-8-25)15-17(22(29)30)12-21(28)24-19-5-2-6-20(27)13-19/h1-6,11,13,17,27H,7-10,12,14-15H2,(H,24,28)(H,29,30)/t17-/m1/s1. The van der Waals surface area contributed by atoms with E-state index < -0.39 is 11.9 Å². The van der Waals surface area contributed by atoms with Gasteiger partial charge in [-0.2, -0.15) is 0 Å². The average molecular weight is 432 g/mol. The van der Waals surface area contributed by atoms with Gasteiger partial charge in [0.15, 0.2) is 0 Å². The number of phenols is 1. The average Bonchev–Trinajstić information content (AvgIpc) is 2.69. The summed E-state index contributed by atoms with van der Waals surface area (Å²) >= 11 is 6.05. The number of nitrogens with one attached hydrogen (secondary N) is 1. The summed E-state index contributed by atoms with van der Waals surface area (Å²) in [6.45, 7) is 4.29. The second-order valence-electron chi connectivity index (χ2n) is 7.54. The number of phenolic OH excluding ortho intramolecular Hbond substituents is 1. The first-order valence-corrected chi connectivity index (χ1v) is 10.3. The topological polar surface area (TPSA) is 93.1 Å². The second kappa shape index (κ2) is 10.4. The highest BCUT2D eigenvalue weighted by molar-refractivity contribution is 6.30. The minimum Gasteiger partial charge on any atom is -0.508 e. The molecule has 1 fully saturated rings. The lowest BCUT2D eigenvalue weighted by Gasteiger charge is -2.35. The summed E-state index contributed by atoms with van der Waals surface area (Å²) in [7, 11) is 0. The van der Waals surface area contributed by atoms with Crippen molar-refractivity contribution in [3.05, 3.63) is 59.1 Å². The number of amides is 1. The number of carbonyl (C=O) groups is 2. The molecule has 0 spiro atoms. The SMILES string of the molecule is O=C(C[C@H](CN1CCN(Cc2cccc(Cl)c2)CC1)C(=O)O)Nc1cccc(O)c1. The number of rotatable bonds is 8. The zero-order valence-electron chi connectivity index (χ0n) is 16.6. The van der Waals surface area contributed by atoms with E-state index in [0.29, 0.717) is 12.2 Å².